The van der Waals surface area contributed by atoms with Gasteiger partial charge in [0.05, 0.1) is 17.1 Å². The zero-order valence-corrected chi connectivity index (χ0v) is 21.1. The van der Waals surface area contributed by atoms with Crippen molar-refractivity contribution in [1.29, 1.82) is 0 Å². The van der Waals surface area contributed by atoms with E-state index in [0.717, 1.165) is 41.0 Å². The Kier molecular flexibility index (Phi) is 7.36. The van der Waals surface area contributed by atoms with Crippen molar-refractivity contribution in [3.8, 4) is 5.69 Å². The molecule has 6 heteroatoms. The van der Waals surface area contributed by atoms with Gasteiger partial charge in [0.1, 0.15) is 12.6 Å². The molecule has 6 nitrogen and oxygen atoms in total. The minimum absolute atomic E-state index is 0.000993. The van der Waals surface area contributed by atoms with E-state index >= 15 is 0 Å². The molecule has 1 aliphatic heterocycles. The Labute approximate surface area is 218 Å². The van der Waals surface area contributed by atoms with Gasteiger partial charge in [-0.3, -0.25) is 9.69 Å². The summed E-state index contributed by atoms with van der Waals surface area (Å²) in [5, 5.41) is 3.00. The number of hydrogen-bond donors (Lipinski definition) is 1. The Balaban J connectivity index is 1.45. The lowest BCUT2D eigenvalue weighted by molar-refractivity contribution is -0.119. The van der Waals surface area contributed by atoms with Gasteiger partial charge in [-0.05, 0) is 41.8 Å². The molecule has 0 saturated heterocycles. The maximum Gasteiger partial charge on any atom is 0.318 e. The van der Waals surface area contributed by atoms with Crippen LogP contribution < -0.4 is 10.2 Å². The zero-order chi connectivity index (χ0) is 25.6. The summed E-state index contributed by atoms with van der Waals surface area (Å²) in [6.45, 7) is 3.02. The number of nitrogens with one attached hydrogen (secondary N) is 1. The SMILES string of the molecule is CCCCN(CC(=O)N1c2ccccc2-n2cccc2C1c1ccccc1)C(=O)NCc1ccccc1. The Bertz CT molecular complexity index is 1350. The highest BCUT2D eigenvalue weighted by Gasteiger charge is 2.36. The van der Waals surface area contributed by atoms with Crippen molar-refractivity contribution in [2.75, 3.05) is 18.0 Å². The fourth-order valence-electron chi connectivity index (χ4n) is 4.94. The summed E-state index contributed by atoms with van der Waals surface area (Å²) in [6, 6.07) is 31.4. The van der Waals surface area contributed by atoms with Gasteiger partial charge in [0, 0.05) is 19.3 Å². The molecule has 1 unspecified atom stereocenters. The first-order valence-corrected chi connectivity index (χ1v) is 12.9. The molecule has 3 amide bonds. The normalized spacial score (nSPS) is 14.0. The van der Waals surface area contributed by atoms with Gasteiger partial charge < -0.3 is 14.8 Å². The molecule has 5 rings (SSSR count). The van der Waals surface area contributed by atoms with Crippen molar-refractivity contribution in [2.24, 2.45) is 0 Å². The molecule has 3 aromatic carbocycles. The maximum atomic E-state index is 14.1. The molecule has 0 saturated carbocycles. The lowest BCUT2D eigenvalue weighted by Gasteiger charge is -2.39. The number of carbonyl (C=O) groups is 2. The Morgan fingerprint density at radius 3 is 2.24 bits per heavy atom. The summed E-state index contributed by atoms with van der Waals surface area (Å²) in [4.78, 5) is 30.9. The van der Waals surface area contributed by atoms with E-state index in [4.69, 9.17) is 0 Å². The van der Waals surface area contributed by atoms with Gasteiger partial charge in [-0.2, -0.15) is 0 Å². The lowest BCUT2D eigenvalue weighted by Crippen LogP contribution is -2.49. The van der Waals surface area contributed by atoms with Crippen LogP contribution in [0.1, 0.15) is 42.6 Å². The second-order valence-electron chi connectivity index (χ2n) is 9.29. The molecule has 0 aliphatic carbocycles. The van der Waals surface area contributed by atoms with Crippen LogP contribution >= 0.6 is 0 Å². The molecule has 1 aromatic heterocycles. The second kappa shape index (κ2) is 11.2. The topological polar surface area (TPSA) is 57.6 Å². The number of unbranched alkanes of at least 4 members (excludes halogenated alkanes) is 1. The third kappa shape index (κ3) is 5.14. The summed E-state index contributed by atoms with van der Waals surface area (Å²) in [5.74, 6) is -0.111. The molecule has 0 radical (unpaired) electrons. The molecule has 37 heavy (non-hydrogen) atoms. The van der Waals surface area contributed by atoms with Crippen molar-refractivity contribution in [2.45, 2.75) is 32.4 Å². The van der Waals surface area contributed by atoms with Crippen molar-refractivity contribution >= 4 is 17.6 Å². The van der Waals surface area contributed by atoms with E-state index in [1.165, 1.54) is 0 Å². The molecule has 1 atom stereocenters. The number of hydrogen-bond acceptors (Lipinski definition) is 2. The maximum absolute atomic E-state index is 14.1. The Morgan fingerprint density at radius 1 is 0.838 bits per heavy atom. The lowest BCUT2D eigenvalue weighted by atomic mass is 9.97. The van der Waals surface area contributed by atoms with Crippen molar-refractivity contribution in [3.05, 3.63) is 120 Å². The first kappa shape index (κ1) is 24.4. The highest BCUT2D eigenvalue weighted by Crippen LogP contribution is 2.42. The van der Waals surface area contributed by atoms with E-state index in [2.05, 4.69) is 35.0 Å². The van der Waals surface area contributed by atoms with E-state index in [-0.39, 0.29) is 24.5 Å². The summed E-state index contributed by atoms with van der Waals surface area (Å²) in [6.07, 6.45) is 3.80. The standard InChI is InChI=1S/C31H32N4O2/c1-2-3-20-33(31(37)32-22-24-13-6-4-7-14-24)23-29(36)35-27-18-11-10-17-26(27)34-21-12-19-28(34)30(35)25-15-8-5-9-16-25/h4-19,21,30H,2-3,20,22-23H2,1H3,(H,32,37). The molecule has 0 spiro atoms. The number of anilines is 1. The van der Waals surface area contributed by atoms with Gasteiger partial charge >= 0.3 is 6.03 Å². The van der Waals surface area contributed by atoms with Crippen molar-refractivity contribution in [1.82, 2.24) is 14.8 Å². The molecule has 0 fully saturated rings. The monoisotopic (exact) mass is 492 g/mol. The smallest absolute Gasteiger partial charge is 0.318 e. The minimum Gasteiger partial charge on any atom is -0.334 e. The van der Waals surface area contributed by atoms with Crippen LogP contribution in [0.3, 0.4) is 0 Å². The molecule has 4 aromatic rings. The summed E-state index contributed by atoms with van der Waals surface area (Å²) in [5.41, 5.74) is 4.86. The number of nitrogens with zero attached hydrogens (tertiary/aromatic N) is 3. The minimum atomic E-state index is -0.293. The average Bonchev–Trinajstić information content (AvgIpc) is 3.44. The number of benzene rings is 3. The number of amides is 3. The van der Waals surface area contributed by atoms with Crippen LogP contribution in [-0.2, 0) is 11.3 Å². The van der Waals surface area contributed by atoms with E-state index in [9.17, 15) is 9.59 Å². The van der Waals surface area contributed by atoms with E-state index in [0.29, 0.717) is 13.1 Å². The van der Waals surface area contributed by atoms with E-state index < -0.39 is 0 Å². The van der Waals surface area contributed by atoms with Crippen LogP contribution in [0.25, 0.3) is 5.69 Å². The molecule has 2 heterocycles. The third-order valence-electron chi connectivity index (χ3n) is 6.78. The molecule has 1 aliphatic rings. The van der Waals surface area contributed by atoms with Crippen LogP contribution in [0.2, 0.25) is 0 Å². The van der Waals surface area contributed by atoms with Crippen LogP contribution in [0, 0.1) is 0 Å². The van der Waals surface area contributed by atoms with Gasteiger partial charge in [0.25, 0.3) is 0 Å². The van der Waals surface area contributed by atoms with Crippen LogP contribution in [-0.4, -0.2) is 34.5 Å². The number of urea groups is 1. The van der Waals surface area contributed by atoms with Gasteiger partial charge in [-0.1, -0.05) is 86.1 Å². The number of aromatic nitrogens is 1. The first-order chi connectivity index (χ1) is 18.2. The zero-order valence-electron chi connectivity index (χ0n) is 21.1. The predicted octanol–water partition coefficient (Wildman–Crippen LogP) is 5.93. The largest absolute Gasteiger partial charge is 0.334 e. The second-order valence-corrected chi connectivity index (χ2v) is 9.29. The van der Waals surface area contributed by atoms with E-state index in [1.807, 2.05) is 90.0 Å². The van der Waals surface area contributed by atoms with Crippen LogP contribution in [0.4, 0.5) is 10.5 Å². The first-order valence-electron chi connectivity index (χ1n) is 12.9. The predicted molar refractivity (Wildman–Crippen MR) is 147 cm³/mol. The van der Waals surface area contributed by atoms with Gasteiger partial charge in [-0.25, -0.2) is 4.79 Å². The average molecular weight is 493 g/mol. The molecular formula is C31H32N4O2. The summed E-state index contributed by atoms with van der Waals surface area (Å²) >= 11 is 0. The Hall–Kier alpha value is -4.32. The Morgan fingerprint density at radius 2 is 1.51 bits per heavy atom. The van der Waals surface area contributed by atoms with Gasteiger partial charge in [0.15, 0.2) is 0 Å². The van der Waals surface area contributed by atoms with Crippen molar-refractivity contribution in [3.63, 3.8) is 0 Å². The van der Waals surface area contributed by atoms with Gasteiger partial charge in [-0.15, -0.1) is 0 Å². The number of carbonyl (C=O) groups excluding carboxylic acids is 2. The summed E-state index contributed by atoms with van der Waals surface area (Å²) in [7, 11) is 0. The molecule has 188 valence electrons. The molecule has 0 bridgehead atoms. The highest BCUT2D eigenvalue weighted by atomic mass is 16.2. The molecule has 1 N–H and O–H groups in total. The number of rotatable bonds is 8. The fourth-order valence-corrected chi connectivity index (χ4v) is 4.94. The number of fused-ring (bicyclic) bond motifs is 3. The highest BCUT2D eigenvalue weighted by molar-refractivity contribution is 6.00. The quantitative estimate of drug-likeness (QED) is 0.332. The van der Waals surface area contributed by atoms with Crippen LogP contribution in [0.15, 0.2) is 103 Å². The van der Waals surface area contributed by atoms with Crippen molar-refractivity contribution < 1.29 is 9.59 Å². The molecular weight excluding hydrogens is 460 g/mol. The summed E-state index contributed by atoms with van der Waals surface area (Å²) < 4.78 is 2.15. The third-order valence-corrected chi connectivity index (χ3v) is 6.78. The fraction of sp³-hybridized carbons (Fsp3) is 0.226. The van der Waals surface area contributed by atoms with Gasteiger partial charge in [0.2, 0.25) is 5.91 Å². The number of para-hydroxylation sites is 2. The van der Waals surface area contributed by atoms with E-state index in [1.54, 1.807) is 4.90 Å². The van der Waals surface area contributed by atoms with Crippen LogP contribution in [0.5, 0.6) is 0 Å².